The van der Waals surface area contributed by atoms with Crippen LogP contribution in [0.4, 0.5) is 5.69 Å². The van der Waals surface area contributed by atoms with Crippen molar-refractivity contribution in [2.45, 2.75) is 6.92 Å². The van der Waals surface area contributed by atoms with E-state index in [0.717, 1.165) is 15.6 Å². The highest BCUT2D eigenvalue weighted by atomic mass is 79.9. The lowest BCUT2D eigenvalue weighted by Gasteiger charge is -2.10. The Morgan fingerprint density at radius 2 is 1.71 bits per heavy atom. The highest BCUT2D eigenvalue weighted by molar-refractivity contribution is 9.10. The first-order chi connectivity index (χ1) is 13.5. The van der Waals surface area contributed by atoms with E-state index in [4.69, 9.17) is 0 Å². The van der Waals surface area contributed by atoms with E-state index < -0.39 is 5.91 Å². The molecule has 0 aliphatic rings. The third-order valence-electron chi connectivity index (χ3n) is 3.93. The van der Waals surface area contributed by atoms with Gasteiger partial charge in [0.1, 0.15) is 0 Å². The summed E-state index contributed by atoms with van der Waals surface area (Å²) < 4.78 is 0.923. The Labute approximate surface area is 171 Å². The fourth-order valence-electron chi connectivity index (χ4n) is 2.58. The summed E-state index contributed by atoms with van der Waals surface area (Å²) in [5.41, 5.74) is 5.60. The number of anilines is 1. The summed E-state index contributed by atoms with van der Waals surface area (Å²) in [6, 6.07) is 21.6. The van der Waals surface area contributed by atoms with Gasteiger partial charge in [0, 0.05) is 10.0 Å². The third-order valence-corrected chi connectivity index (χ3v) is 4.42. The third kappa shape index (κ3) is 5.14. The highest BCUT2D eigenvalue weighted by Crippen LogP contribution is 2.17. The van der Waals surface area contributed by atoms with Crippen molar-refractivity contribution in [1.29, 1.82) is 0 Å². The molecule has 0 aromatic heterocycles. The van der Waals surface area contributed by atoms with Crippen LogP contribution in [-0.2, 0) is 0 Å². The van der Waals surface area contributed by atoms with Gasteiger partial charge in [0.05, 0.1) is 17.5 Å². The molecule has 3 aromatic rings. The van der Waals surface area contributed by atoms with Crippen molar-refractivity contribution < 1.29 is 9.59 Å². The Kier molecular flexibility index (Phi) is 6.34. The minimum absolute atomic E-state index is 0.276. The second-order valence-corrected chi connectivity index (χ2v) is 7.04. The van der Waals surface area contributed by atoms with Crippen LogP contribution in [-0.4, -0.2) is 18.0 Å². The molecule has 3 rings (SSSR count). The van der Waals surface area contributed by atoms with Gasteiger partial charge in [0.25, 0.3) is 11.8 Å². The normalized spacial score (nSPS) is 10.6. The topological polar surface area (TPSA) is 70.6 Å². The number of amides is 2. The summed E-state index contributed by atoms with van der Waals surface area (Å²) in [7, 11) is 0. The lowest BCUT2D eigenvalue weighted by atomic mass is 10.1. The van der Waals surface area contributed by atoms with E-state index in [1.54, 1.807) is 42.6 Å². The van der Waals surface area contributed by atoms with Crippen LogP contribution in [0, 0.1) is 6.92 Å². The van der Waals surface area contributed by atoms with Crippen molar-refractivity contribution in [1.82, 2.24) is 5.43 Å². The Morgan fingerprint density at radius 1 is 0.929 bits per heavy atom. The summed E-state index contributed by atoms with van der Waals surface area (Å²) >= 11 is 3.39. The summed E-state index contributed by atoms with van der Waals surface area (Å²) in [5, 5.41) is 6.78. The first-order valence-corrected chi connectivity index (χ1v) is 9.38. The summed E-state index contributed by atoms with van der Waals surface area (Å²) in [6.07, 6.45) is 1.55. The van der Waals surface area contributed by atoms with Crippen LogP contribution in [0.15, 0.2) is 82.4 Å². The maximum absolute atomic E-state index is 12.5. The average Bonchev–Trinajstić information content (AvgIpc) is 2.68. The van der Waals surface area contributed by atoms with Gasteiger partial charge in [-0.05, 0) is 48.9 Å². The van der Waals surface area contributed by atoms with E-state index in [0.29, 0.717) is 16.8 Å². The Morgan fingerprint density at radius 3 is 2.50 bits per heavy atom. The van der Waals surface area contributed by atoms with Crippen LogP contribution in [0.2, 0.25) is 0 Å². The van der Waals surface area contributed by atoms with Gasteiger partial charge in [-0.25, -0.2) is 5.43 Å². The number of hydrazone groups is 1. The van der Waals surface area contributed by atoms with Gasteiger partial charge in [-0.1, -0.05) is 57.9 Å². The van der Waals surface area contributed by atoms with Crippen molar-refractivity contribution in [3.8, 4) is 0 Å². The fourth-order valence-corrected chi connectivity index (χ4v) is 3.00. The summed E-state index contributed by atoms with van der Waals surface area (Å²) in [4.78, 5) is 25.0. The van der Waals surface area contributed by atoms with Crippen molar-refractivity contribution in [3.05, 3.63) is 99.5 Å². The minimum Gasteiger partial charge on any atom is -0.321 e. The van der Waals surface area contributed by atoms with E-state index >= 15 is 0 Å². The largest absolute Gasteiger partial charge is 0.321 e. The van der Waals surface area contributed by atoms with Crippen molar-refractivity contribution in [2.75, 3.05) is 5.32 Å². The van der Waals surface area contributed by atoms with E-state index in [1.165, 1.54) is 0 Å². The van der Waals surface area contributed by atoms with E-state index in [2.05, 4.69) is 31.8 Å². The van der Waals surface area contributed by atoms with E-state index in [1.807, 2.05) is 43.3 Å². The monoisotopic (exact) mass is 435 g/mol. The standard InChI is InChI=1S/C22H18BrN3O2/c1-15-6-4-8-17(12-15)21(27)25-20-11-3-2-10-19(20)22(28)26-24-14-16-7-5-9-18(23)13-16/h2-14H,1H3,(H,25,27)(H,26,28)/b24-14-. The zero-order chi connectivity index (χ0) is 19.9. The SMILES string of the molecule is Cc1cccc(C(=O)Nc2ccccc2C(=O)N/N=C\c2cccc(Br)c2)c1. The molecule has 3 aromatic carbocycles. The number of halogens is 1. The number of carbonyl (C=O) groups excluding carboxylic acids is 2. The molecule has 0 aliphatic heterocycles. The van der Waals surface area contributed by atoms with Crippen LogP contribution in [0.25, 0.3) is 0 Å². The second kappa shape index (κ2) is 9.10. The maximum Gasteiger partial charge on any atom is 0.273 e. The van der Waals surface area contributed by atoms with Gasteiger partial charge in [-0.15, -0.1) is 0 Å². The lowest BCUT2D eigenvalue weighted by Crippen LogP contribution is -2.21. The molecule has 0 aliphatic carbocycles. The Bertz CT molecular complexity index is 1050. The zero-order valence-corrected chi connectivity index (χ0v) is 16.7. The second-order valence-electron chi connectivity index (χ2n) is 6.12. The molecule has 0 saturated carbocycles. The maximum atomic E-state index is 12.5. The minimum atomic E-state index is -0.411. The highest BCUT2D eigenvalue weighted by Gasteiger charge is 2.13. The number of nitrogens with zero attached hydrogens (tertiary/aromatic N) is 1. The van der Waals surface area contributed by atoms with Crippen molar-refractivity contribution in [2.24, 2.45) is 5.10 Å². The molecule has 0 spiro atoms. The smallest absolute Gasteiger partial charge is 0.273 e. The predicted molar refractivity (Wildman–Crippen MR) is 115 cm³/mol. The van der Waals surface area contributed by atoms with Gasteiger partial charge in [0.2, 0.25) is 0 Å². The number of aryl methyl sites for hydroxylation is 1. The van der Waals surface area contributed by atoms with Gasteiger partial charge in [-0.2, -0.15) is 5.10 Å². The number of para-hydroxylation sites is 1. The number of benzene rings is 3. The number of hydrogen-bond acceptors (Lipinski definition) is 3. The lowest BCUT2D eigenvalue weighted by molar-refractivity contribution is 0.0956. The Hall–Kier alpha value is -3.25. The molecule has 6 heteroatoms. The number of rotatable bonds is 5. The molecule has 0 unspecified atom stereocenters. The fraction of sp³-hybridized carbons (Fsp3) is 0.0455. The molecular formula is C22H18BrN3O2. The predicted octanol–water partition coefficient (Wildman–Crippen LogP) is 4.77. The van der Waals surface area contributed by atoms with Gasteiger partial charge in [0.15, 0.2) is 0 Å². The van der Waals surface area contributed by atoms with Gasteiger partial charge >= 0.3 is 0 Å². The average molecular weight is 436 g/mol. The first kappa shape index (κ1) is 19.5. The number of nitrogens with one attached hydrogen (secondary N) is 2. The van der Waals surface area contributed by atoms with Gasteiger partial charge < -0.3 is 5.32 Å². The molecule has 0 radical (unpaired) electrons. The van der Waals surface area contributed by atoms with E-state index in [9.17, 15) is 9.59 Å². The Balaban J connectivity index is 1.72. The molecule has 0 heterocycles. The van der Waals surface area contributed by atoms with Crippen LogP contribution < -0.4 is 10.7 Å². The molecule has 0 bridgehead atoms. The zero-order valence-electron chi connectivity index (χ0n) is 15.1. The molecule has 0 saturated heterocycles. The summed E-state index contributed by atoms with van der Waals surface area (Å²) in [6.45, 7) is 1.92. The van der Waals surface area contributed by atoms with Crippen LogP contribution >= 0.6 is 15.9 Å². The van der Waals surface area contributed by atoms with Crippen molar-refractivity contribution >= 4 is 39.6 Å². The van der Waals surface area contributed by atoms with Crippen LogP contribution in [0.3, 0.4) is 0 Å². The molecule has 140 valence electrons. The molecule has 2 N–H and O–H groups in total. The van der Waals surface area contributed by atoms with Crippen LogP contribution in [0.5, 0.6) is 0 Å². The molecule has 28 heavy (non-hydrogen) atoms. The molecule has 0 fully saturated rings. The van der Waals surface area contributed by atoms with Crippen LogP contribution in [0.1, 0.15) is 31.8 Å². The number of hydrogen-bond donors (Lipinski definition) is 2. The molecule has 5 nitrogen and oxygen atoms in total. The molecular weight excluding hydrogens is 418 g/mol. The molecule has 2 amide bonds. The summed E-state index contributed by atoms with van der Waals surface area (Å²) in [5.74, 6) is -0.687. The van der Waals surface area contributed by atoms with Crippen molar-refractivity contribution in [3.63, 3.8) is 0 Å². The quantitative estimate of drug-likeness (QED) is 0.447. The number of carbonyl (C=O) groups is 2. The first-order valence-electron chi connectivity index (χ1n) is 8.59. The van der Waals surface area contributed by atoms with E-state index in [-0.39, 0.29) is 5.91 Å². The van der Waals surface area contributed by atoms with Gasteiger partial charge in [-0.3, -0.25) is 9.59 Å². The molecule has 0 atom stereocenters.